The number of ether oxygens (including phenoxy) is 3. The van der Waals surface area contributed by atoms with Gasteiger partial charge in [0.05, 0.1) is 27.0 Å². The fraction of sp³-hybridized carbons (Fsp3) is 0.367. The first-order chi connectivity index (χ1) is 18.4. The molecular formula is C30H34N2O6. The molecule has 0 spiro atoms. The zero-order valence-corrected chi connectivity index (χ0v) is 22.4. The number of aryl methyl sites for hydroxylation is 1. The Bertz CT molecular complexity index is 1270. The minimum absolute atomic E-state index is 0.0556. The van der Waals surface area contributed by atoms with Gasteiger partial charge in [-0.15, -0.1) is 0 Å². The molecule has 4 rings (SSSR count). The van der Waals surface area contributed by atoms with Crippen LogP contribution in [0.2, 0.25) is 0 Å². The summed E-state index contributed by atoms with van der Waals surface area (Å²) < 4.78 is 15.7. The van der Waals surface area contributed by atoms with Gasteiger partial charge in [-0.1, -0.05) is 36.4 Å². The van der Waals surface area contributed by atoms with Gasteiger partial charge in [0.2, 0.25) is 29.0 Å². The monoisotopic (exact) mass is 518 g/mol. The number of Topliss-reactive ketones (excluding diaryl/α,β-unsaturated/α-hetero) is 2. The van der Waals surface area contributed by atoms with E-state index in [9.17, 15) is 14.4 Å². The Labute approximate surface area is 223 Å². The van der Waals surface area contributed by atoms with Crippen molar-refractivity contribution in [3.63, 3.8) is 0 Å². The van der Waals surface area contributed by atoms with Crippen LogP contribution in [0.3, 0.4) is 0 Å². The van der Waals surface area contributed by atoms with Gasteiger partial charge in [0, 0.05) is 50.2 Å². The maximum atomic E-state index is 12.9. The second-order valence-electron chi connectivity index (χ2n) is 9.36. The number of anilines is 1. The van der Waals surface area contributed by atoms with Gasteiger partial charge in [-0.25, -0.2) is 0 Å². The summed E-state index contributed by atoms with van der Waals surface area (Å²) in [6.45, 7) is 4.53. The smallest absolute Gasteiger partial charge is 0.228 e. The molecule has 8 nitrogen and oxygen atoms in total. The number of piperazine rings is 1. The SMILES string of the molecule is COC1=C(OC)C(=O)C(Cc2ccc(CCC(=O)N3CCN(c4ccccc4OC)CC3)cc2)=C(C)C1=O. The van der Waals surface area contributed by atoms with Crippen LogP contribution in [-0.4, -0.2) is 69.9 Å². The van der Waals surface area contributed by atoms with Crippen molar-refractivity contribution in [2.24, 2.45) is 0 Å². The van der Waals surface area contributed by atoms with Crippen LogP contribution < -0.4 is 9.64 Å². The number of hydrogen-bond donors (Lipinski definition) is 0. The highest BCUT2D eigenvalue weighted by molar-refractivity contribution is 6.23. The number of benzene rings is 2. The molecule has 0 saturated carbocycles. The zero-order valence-electron chi connectivity index (χ0n) is 22.4. The Kier molecular flexibility index (Phi) is 8.51. The molecule has 1 aliphatic heterocycles. The third-order valence-corrected chi connectivity index (χ3v) is 7.18. The van der Waals surface area contributed by atoms with Gasteiger partial charge < -0.3 is 24.0 Å². The van der Waals surface area contributed by atoms with Crippen molar-refractivity contribution < 1.29 is 28.6 Å². The highest BCUT2D eigenvalue weighted by Gasteiger charge is 2.34. The van der Waals surface area contributed by atoms with E-state index in [-0.39, 0.29) is 29.0 Å². The molecule has 8 heteroatoms. The minimum Gasteiger partial charge on any atom is -0.495 e. The van der Waals surface area contributed by atoms with Crippen molar-refractivity contribution in [3.05, 3.63) is 82.3 Å². The molecule has 1 heterocycles. The summed E-state index contributed by atoms with van der Waals surface area (Å²) in [5.74, 6) is 0.210. The van der Waals surface area contributed by atoms with Gasteiger partial charge >= 0.3 is 0 Å². The molecule has 1 aliphatic carbocycles. The van der Waals surface area contributed by atoms with Crippen LogP contribution in [0.25, 0.3) is 0 Å². The largest absolute Gasteiger partial charge is 0.495 e. The lowest BCUT2D eigenvalue weighted by Gasteiger charge is -2.36. The van der Waals surface area contributed by atoms with Crippen molar-refractivity contribution >= 4 is 23.2 Å². The normalized spacial score (nSPS) is 16.2. The van der Waals surface area contributed by atoms with E-state index in [1.54, 1.807) is 14.0 Å². The Balaban J connectivity index is 1.30. The van der Waals surface area contributed by atoms with E-state index in [4.69, 9.17) is 14.2 Å². The lowest BCUT2D eigenvalue weighted by atomic mass is 9.88. The number of methoxy groups -OCH3 is 3. The van der Waals surface area contributed by atoms with Gasteiger partial charge in [0.25, 0.3) is 0 Å². The van der Waals surface area contributed by atoms with Crippen molar-refractivity contribution in [3.8, 4) is 5.75 Å². The molecule has 2 aromatic rings. The summed E-state index contributed by atoms with van der Waals surface area (Å²) >= 11 is 0. The number of carbonyl (C=O) groups excluding carboxylic acids is 3. The molecule has 0 N–H and O–H groups in total. The van der Waals surface area contributed by atoms with Gasteiger partial charge in [0.15, 0.2) is 0 Å². The second kappa shape index (κ2) is 12.0. The topological polar surface area (TPSA) is 85.4 Å². The standard InChI is InChI=1S/C30H34N2O6/c1-20-23(28(35)30(38-4)29(37-3)27(20)34)19-22-11-9-21(10-12-22)13-14-26(33)32-17-15-31(16-18-32)24-7-5-6-8-25(24)36-2/h5-12H,13-19H2,1-4H3. The molecule has 200 valence electrons. The van der Waals surface area contributed by atoms with Crippen molar-refractivity contribution in [1.29, 1.82) is 0 Å². The number of carbonyl (C=O) groups is 3. The molecule has 0 atom stereocenters. The molecular weight excluding hydrogens is 484 g/mol. The Hall–Kier alpha value is -4.07. The maximum Gasteiger partial charge on any atom is 0.228 e. The molecule has 0 bridgehead atoms. The van der Waals surface area contributed by atoms with E-state index in [0.29, 0.717) is 43.5 Å². The summed E-state index contributed by atoms with van der Waals surface area (Å²) in [6.07, 6.45) is 1.39. The number of nitrogens with zero attached hydrogens (tertiary/aromatic N) is 2. The quantitative estimate of drug-likeness (QED) is 0.470. The maximum absolute atomic E-state index is 12.9. The molecule has 1 amide bonds. The van der Waals surface area contributed by atoms with Crippen LogP contribution in [0.5, 0.6) is 5.75 Å². The molecule has 0 radical (unpaired) electrons. The summed E-state index contributed by atoms with van der Waals surface area (Å²) in [6, 6.07) is 15.8. The summed E-state index contributed by atoms with van der Waals surface area (Å²) in [7, 11) is 4.38. The van der Waals surface area contributed by atoms with E-state index in [1.165, 1.54) is 14.2 Å². The van der Waals surface area contributed by atoms with Crippen molar-refractivity contribution in [2.75, 3.05) is 52.4 Å². The van der Waals surface area contributed by atoms with E-state index in [2.05, 4.69) is 4.90 Å². The highest BCUT2D eigenvalue weighted by atomic mass is 16.5. The number of amides is 1. The van der Waals surface area contributed by atoms with Gasteiger partial charge in [-0.3, -0.25) is 14.4 Å². The van der Waals surface area contributed by atoms with Crippen LogP contribution in [0.1, 0.15) is 24.5 Å². The van der Waals surface area contributed by atoms with Crippen LogP contribution in [0.15, 0.2) is 71.2 Å². The van der Waals surface area contributed by atoms with Crippen LogP contribution >= 0.6 is 0 Å². The summed E-state index contributed by atoms with van der Waals surface area (Å²) in [4.78, 5) is 42.5. The number of para-hydroxylation sites is 2. The third kappa shape index (κ3) is 5.59. The Morgan fingerprint density at radius 1 is 0.789 bits per heavy atom. The van der Waals surface area contributed by atoms with Crippen LogP contribution in [0, 0.1) is 0 Å². The van der Waals surface area contributed by atoms with Crippen LogP contribution in [-0.2, 0) is 36.7 Å². The lowest BCUT2D eigenvalue weighted by molar-refractivity contribution is -0.131. The average molecular weight is 519 g/mol. The Morgan fingerprint density at radius 2 is 1.39 bits per heavy atom. The molecule has 2 aliphatic rings. The fourth-order valence-electron chi connectivity index (χ4n) is 4.93. The molecule has 1 fully saturated rings. The molecule has 2 aromatic carbocycles. The summed E-state index contributed by atoms with van der Waals surface area (Å²) in [5.41, 5.74) is 3.78. The molecule has 0 aromatic heterocycles. The van der Waals surface area contributed by atoms with Crippen LogP contribution in [0.4, 0.5) is 5.69 Å². The second-order valence-corrected chi connectivity index (χ2v) is 9.36. The fourth-order valence-corrected chi connectivity index (χ4v) is 4.93. The molecule has 1 saturated heterocycles. The Morgan fingerprint density at radius 3 is 2.03 bits per heavy atom. The number of ketones is 2. The third-order valence-electron chi connectivity index (χ3n) is 7.18. The number of allylic oxidation sites excluding steroid dienone is 2. The van der Waals surface area contributed by atoms with E-state index in [1.807, 2.05) is 53.4 Å². The molecule has 0 unspecified atom stereocenters. The lowest BCUT2D eigenvalue weighted by Crippen LogP contribution is -2.48. The number of rotatable bonds is 9. The zero-order chi connectivity index (χ0) is 27.2. The van der Waals surface area contributed by atoms with E-state index < -0.39 is 0 Å². The van der Waals surface area contributed by atoms with E-state index >= 15 is 0 Å². The van der Waals surface area contributed by atoms with Crippen molar-refractivity contribution in [1.82, 2.24) is 4.90 Å². The first-order valence-electron chi connectivity index (χ1n) is 12.7. The predicted molar refractivity (Wildman–Crippen MR) is 144 cm³/mol. The average Bonchev–Trinajstić information content (AvgIpc) is 2.96. The van der Waals surface area contributed by atoms with Crippen molar-refractivity contribution in [2.45, 2.75) is 26.2 Å². The predicted octanol–water partition coefficient (Wildman–Crippen LogP) is 3.49. The first-order valence-corrected chi connectivity index (χ1v) is 12.7. The number of hydrogen-bond acceptors (Lipinski definition) is 7. The minimum atomic E-state index is -0.335. The molecule has 38 heavy (non-hydrogen) atoms. The summed E-state index contributed by atoms with van der Waals surface area (Å²) in [5, 5.41) is 0. The first kappa shape index (κ1) is 27.0. The highest BCUT2D eigenvalue weighted by Crippen LogP contribution is 2.29. The van der Waals surface area contributed by atoms with E-state index in [0.717, 1.165) is 35.7 Å². The van der Waals surface area contributed by atoms with Gasteiger partial charge in [-0.05, 0) is 36.6 Å². The van der Waals surface area contributed by atoms with Gasteiger partial charge in [0.1, 0.15) is 5.75 Å². The van der Waals surface area contributed by atoms with Gasteiger partial charge in [-0.2, -0.15) is 0 Å².